The summed E-state index contributed by atoms with van der Waals surface area (Å²) in [4.78, 5) is 4.22. The van der Waals surface area contributed by atoms with Crippen LogP contribution in [0, 0.1) is 6.92 Å². The van der Waals surface area contributed by atoms with E-state index in [0.717, 1.165) is 17.2 Å². The predicted octanol–water partition coefficient (Wildman–Crippen LogP) is 3.38. The maximum absolute atomic E-state index is 5.63. The van der Waals surface area contributed by atoms with Crippen LogP contribution in [0.3, 0.4) is 0 Å². The van der Waals surface area contributed by atoms with E-state index in [1.165, 1.54) is 0 Å². The highest BCUT2D eigenvalue weighted by molar-refractivity contribution is 5.52. The molecular weight excluding hydrogens is 228 g/mol. The second kappa shape index (κ2) is 5.58. The third-order valence-corrected chi connectivity index (χ3v) is 2.37. The third kappa shape index (κ3) is 3.26. The quantitative estimate of drug-likeness (QED) is 0.878. The molecule has 0 bridgehead atoms. The van der Waals surface area contributed by atoms with Crippen LogP contribution < -0.4 is 10.1 Å². The van der Waals surface area contributed by atoms with E-state index < -0.39 is 0 Å². The first-order valence-electron chi connectivity index (χ1n) is 6.06. The van der Waals surface area contributed by atoms with Gasteiger partial charge in [-0.05, 0) is 45.0 Å². The van der Waals surface area contributed by atoms with Crippen molar-refractivity contribution in [2.45, 2.75) is 33.4 Å². The Morgan fingerprint density at radius 2 is 2.17 bits per heavy atom. The maximum Gasteiger partial charge on any atom is 0.237 e. The summed E-state index contributed by atoms with van der Waals surface area (Å²) in [6.07, 6.45) is 1.83. The van der Waals surface area contributed by atoms with Gasteiger partial charge in [0.2, 0.25) is 5.88 Å². The van der Waals surface area contributed by atoms with Gasteiger partial charge in [0.25, 0.3) is 0 Å². The number of rotatable bonds is 5. The first-order valence-corrected chi connectivity index (χ1v) is 6.06. The third-order valence-electron chi connectivity index (χ3n) is 2.37. The summed E-state index contributed by atoms with van der Waals surface area (Å²) in [5.41, 5.74) is 0.875. The molecule has 1 N–H and O–H groups in total. The molecule has 4 heteroatoms. The van der Waals surface area contributed by atoms with Crippen molar-refractivity contribution in [1.29, 1.82) is 0 Å². The molecule has 0 atom stereocenters. The number of pyridine rings is 1. The lowest BCUT2D eigenvalue weighted by atomic mass is 10.3. The van der Waals surface area contributed by atoms with Crippen molar-refractivity contribution < 1.29 is 9.15 Å². The van der Waals surface area contributed by atoms with Crippen LogP contribution in [0.4, 0.5) is 5.69 Å². The van der Waals surface area contributed by atoms with E-state index in [9.17, 15) is 0 Å². The molecule has 0 aliphatic carbocycles. The summed E-state index contributed by atoms with van der Waals surface area (Å²) in [6, 6.07) is 7.73. The van der Waals surface area contributed by atoms with E-state index in [1.54, 1.807) is 6.20 Å². The van der Waals surface area contributed by atoms with Crippen LogP contribution in [0.25, 0.3) is 0 Å². The van der Waals surface area contributed by atoms with Gasteiger partial charge in [-0.2, -0.15) is 0 Å². The van der Waals surface area contributed by atoms with Crippen molar-refractivity contribution in [3.8, 4) is 5.88 Å². The molecule has 0 spiro atoms. The average Bonchev–Trinajstić information content (AvgIpc) is 2.73. The predicted molar refractivity (Wildman–Crippen MR) is 70.8 cm³/mol. The minimum Gasteiger partial charge on any atom is -0.473 e. The molecule has 0 aliphatic rings. The molecule has 2 aromatic heterocycles. The van der Waals surface area contributed by atoms with E-state index in [4.69, 9.17) is 9.15 Å². The number of hydrogen-bond donors (Lipinski definition) is 1. The number of nitrogens with one attached hydrogen (secondary N) is 1. The molecule has 4 nitrogen and oxygen atoms in total. The monoisotopic (exact) mass is 246 g/mol. The first kappa shape index (κ1) is 12.5. The molecule has 0 fully saturated rings. The summed E-state index contributed by atoms with van der Waals surface area (Å²) in [5, 5.41) is 3.27. The van der Waals surface area contributed by atoms with Gasteiger partial charge in [-0.3, -0.25) is 0 Å². The standard InChI is InChI=1S/C14H18N2O2/c1-10(2)17-14-13(5-4-8-15-14)16-9-12-7-6-11(3)18-12/h4-8,10,16H,9H2,1-3H3. The zero-order valence-electron chi connectivity index (χ0n) is 10.9. The Bertz CT molecular complexity index is 506. The summed E-state index contributed by atoms with van der Waals surface area (Å²) in [5.74, 6) is 2.43. The fourth-order valence-corrected chi connectivity index (χ4v) is 1.61. The number of furan rings is 1. The highest BCUT2D eigenvalue weighted by Crippen LogP contribution is 2.22. The molecule has 2 aromatic rings. The van der Waals surface area contributed by atoms with Gasteiger partial charge >= 0.3 is 0 Å². The second-order valence-electron chi connectivity index (χ2n) is 4.39. The van der Waals surface area contributed by atoms with Gasteiger partial charge in [0.05, 0.1) is 18.3 Å². The van der Waals surface area contributed by atoms with Crippen molar-refractivity contribution in [2.75, 3.05) is 5.32 Å². The molecule has 0 saturated heterocycles. The molecule has 2 rings (SSSR count). The number of nitrogens with zero attached hydrogens (tertiary/aromatic N) is 1. The van der Waals surface area contributed by atoms with Gasteiger partial charge in [0.1, 0.15) is 11.5 Å². The molecule has 0 saturated carbocycles. The lowest BCUT2D eigenvalue weighted by molar-refractivity contribution is 0.234. The fourth-order valence-electron chi connectivity index (χ4n) is 1.61. The lowest BCUT2D eigenvalue weighted by Crippen LogP contribution is -2.09. The Morgan fingerprint density at radius 1 is 1.33 bits per heavy atom. The van der Waals surface area contributed by atoms with Crippen molar-refractivity contribution in [1.82, 2.24) is 4.98 Å². The van der Waals surface area contributed by atoms with Gasteiger partial charge in [-0.1, -0.05) is 0 Å². The Labute approximate surface area is 107 Å². The minimum atomic E-state index is 0.103. The molecule has 0 unspecified atom stereocenters. The Hall–Kier alpha value is -1.97. The number of aryl methyl sites for hydroxylation is 1. The van der Waals surface area contributed by atoms with Crippen LogP contribution in [0.2, 0.25) is 0 Å². The van der Waals surface area contributed by atoms with Gasteiger partial charge in [0, 0.05) is 6.20 Å². The zero-order chi connectivity index (χ0) is 13.0. The second-order valence-corrected chi connectivity index (χ2v) is 4.39. The van der Waals surface area contributed by atoms with Gasteiger partial charge < -0.3 is 14.5 Å². The molecular formula is C14H18N2O2. The number of ether oxygens (including phenoxy) is 1. The van der Waals surface area contributed by atoms with Crippen LogP contribution in [0.1, 0.15) is 25.4 Å². The zero-order valence-corrected chi connectivity index (χ0v) is 10.9. The van der Waals surface area contributed by atoms with E-state index >= 15 is 0 Å². The van der Waals surface area contributed by atoms with Crippen LogP contribution >= 0.6 is 0 Å². The summed E-state index contributed by atoms with van der Waals surface area (Å²) in [6.45, 7) is 6.51. The molecule has 0 amide bonds. The fraction of sp³-hybridized carbons (Fsp3) is 0.357. The van der Waals surface area contributed by atoms with Crippen LogP contribution in [0.15, 0.2) is 34.9 Å². The normalized spacial score (nSPS) is 10.7. The van der Waals surface area contributed by atoms with Crippen LogP contribution in [-0.4, -0.2) is 11.1 Å². The van der Waals surface area contributed by atoms with Gasteiger partial charge in [0.15, 0.2) is 0 Å². The van der Waals surface area contributed by atoms with Crippen molar-refractivity contribution in [3.63, 3.8) is 0 Å². The van der Waals surface area contributed by atoms with E-state index in [0.29, 0.717) is 12.4 Å². The highest BCUT2D eigenvalue weighted by atomic mass is 16.5. The Balaban J connectivity index is 2.04. The SMILES string of the molecule is Cc1ccc(CNc2cccnc2OC(C)C)o1. The van der Waals surface area contributed by atoms with Gasteiger partial charge in [-0.25, -0.2) is 4.98 Å². The molecule has 0 aromatic carbocycles. The molecule has 0 aliphatic heterocycles. The largest absolute Gasteiger partial charge is 0.473 e. The molecule has 2 heterocycles. The van der Waals surface area contributed by atoms with Crippen LogP contribution in [-0.2, 0) is 6.54 Å². The van der Waals surface area contributed by atoms with E-state index in [1.807, 2.05) is 45.0 Å². The Morgan fingerprint density at radius 3 is 2.83 bits per heavy atom. The summed E-state index contributed by atoms with van der Waals surface area (Å²) >= 11 is 0. The van der Waals surface area contributed by atoms with E-state index in [2.05, 4.69) is 10.3 Å². The highest BCUT2D eigenvalue weighted by Gasteiger charge is 2.07. The van der Waals surface area contributed by atoms with Crippen LogP contribution in [0.5, 0.6) is 5.88 Å². The number of aromatic nitrogens is 1. The molecule has 0 radical (unpaired) electrons. The first-order chi connectivity index (χ1) is 8.65. The average molecular weight is 246 g/mol. The Kier molecular flexibility index (Phi) is 3.87. The number of anilines is 1. The lowest BCUT2D eigenvalue weighted by Gasteiger charge is -2.13. The van der Waals surface area contributed by atoms with Crippen molar-refractivity contribution in [3.05, 3.63) is 42.0 Å². The minimum absolute atomic E-state index is 0.103. The summed E-state index contributed by atoms with van der Waals surface area (Å²) < 4.78 is 11.1. The van der Waals surface area contributed by atoms with E-state index in [-0.39, 0.29) is 6.10 Å². The smallest absolute Gasteiger partial charge is 0.237 e. The molecule has 18 heavy (non-hydrogen) atoms. The van der Waals surface area contributed by atoms with Crippen molar-refractivity contribution >= 4 is 5.69 Å². The topological polar surface area (TPSA) is 47.3 Å². The van der Waals surface area contributed by atoms with Crippen molar-refractivity contribution in [2.24, 2.45) is 0 Å². The maximum atomic E-state index is 5.63. The summed E-state index contributed by atoms with van der Waals surface area (Å²) in [7, 11) is 0. The number of hydrogen-bond acceptors (Lipinski definition) is 4. The van der Waals surface area contributed by atoms with Gasteiger partial charge in [-0.15, -0.1) is 0 Å². The molecule has 96 valence electrons.